The lowest BCUT2D eigenvalue weighted by atomic mass is 9.81. The van der Waals surface area contributed by atoms with Crippen LogP contribution in [-0.4, -0.2) is 43.4 Å². The lowest BCUT2D eigenvalue weighted by molar-refractivity contribution is -0.139. The summed E-state index contributed by atoms with van der Waals surface area (Å²) in [6.07, 6.45) is 5.55. The molecule has 1 saturated carbocycles. The van der Waals surface area contributed by atoms with Crippen LogP contribution in [0.5, 0.6) is 0 Å². The second-order valence-corrected chi connectivity index (χ2v) is 6.02. The van der Waals surface area contributed by atoms with Crippen molar-refractivity contribution in [3.63, 3.8) is 0 Å². The first kappa shape index (κ1) is 17.8. The van der Waals surface area contributed by atoms with Gasteiger partial charge in [-0.25, -0.2) is 4.79 Å². The van der Waals surface area contributed by atoms with E-state index in [9.17, 15) is 9.59 Å². The molecule has 0 aromatic carbocycles. The average molecular weight is 300 g/mol. The molecule has 0 aliphatic heterocycles. The van der Waals surface area contributed by atoms with Gasteiger partial charge in [0.2, 0.25) is 0 Å². The molecule has 0 heterocycles. The molecule has 0 aromatic rings. The van der Waals surface area contributed by atoms with Crippen molar-refractivity contribution >= 4 is 12.0 Å². The zero-order chi connectivity index (χ0) is 15.7. The normalized spacial score (nSPS) is 23.3. The number of aliphatic carboxylic acids is 1. The van der Waals surface area contributed by atoms with Gasteiger partial charge in [0, 0.05) is 20.2 Å². The van der Waals surface area contributed by atoms with Gasteiger partial charge in [0.25, 0.3) is 0 Å². The maximum atomic E-state index is 11.6. The third-order valence-electron chi connectivity index (χ3n) is 4.11. The highest BCUT2D eigenvalue weighted by Crippen LogP contribution is 2.30. The van der Waals surface area contributed by atoms with Crippen LogP contribution in [0.25, 0.3) is 0 Å². The van der Waals surface area contributed by atoms with Gasteiger partial charge in [0.1, 0.15) is 0 Å². The summed E-state index contributed by atoms with van der Waals surface area (Å²) in [6, 6.07) is -0.258. The van der Waals surface area contributed by atoms with E-state index in [2.05, 4.69) is 17.6 Å². The van der Waals surface area contributed by atoms with E-state index in [1.165, 1.54) is 32.8 Å². The monoisotopic (exact) mass is 300 g/mol. The molecule has 0 aromatic heterocycles. The van der Waals surface area contributed by atoms with Crippen LogP contribution in [0.15, 0.2) is 0 Å². The molecule has 1 fully saturated rings. The Bertz CT molecular complexity index is 336. The molecule has 0 spiro atoms. The standard InChI is InChI=1S/C15H28N2O4/c1-11-4-3-5-12(8-11)6-7-16-15(20)17-10-13(21-2)9-14(18)19/h11-13H,3-10H2,1-2H3,(H,18,19)(H2,16,17,20). The van der Waals surface area contributed by atoms with Crippen LogP contribution in [0, 0.1) is 11.8 Å². The number of carbonyl (C=O) groups excluding carboxylic acids is 1. The van der Waals surface area contributed by atoms with E-state index >= 15 is 0 Å². The first-order chi connectivity index (χ1) is 10.0. The minimum absolute atomic E-state index is 0.114. The largest absolute Gasteiger partial charge is 0.481 e. The fourth-order valence-corrected chi connectivity index (χ4v) is 2.91. The van der Waals surface area contributed by atoms with E-state index in [1.807, 2.05) is 0 Å². The van der Waals surface area contributed by atoms with E-state index in [0.29, 0.717) is 12.5 Å². The number of hydrogen-bond acceptors (Lipinski definition) is 3. The molecule has 1 rings (SSSR count). The summed E-state index contributed by atoms with van der Waals surface area (Å²) in [4.78, 5) is 22.2. The molecule has 6 nitrogen and oxygen atoms in total. The first-order valence-electron chi connectivity index (χ1n) is 7.77. The summed E-state index contributed by atoms with van der Waals surface area (Å²) >= 11 is 0. The van der Waals surface area contributed by atoms with Gasteiger partial charge >= 0.3 is 12.0 Å². The van der Waals surface area contributed by atoms with E-state index in [0.717, 1.165) is 12.3 Å². The van der Waals surface area contributed by atoms with Crippen LogP contribution in [0.1, 0.15) is 45.4 Å². The molecule has 6 heteroatoms. The summed E-state index contributed by atoms with van der Waals surface area (Å²) < 4.78 is 5.00. The Labute approximate surface area is 126 Å². The predicted octanol–water partition coefficient (Wildman–Crippen LogP) is 1.99. The smallest absolute Gasteiger partial charge is 0.314 e. The second-order valence-electron chi connectivity index (χ2n) is 6.02. The van der Waals surface area contributed by atoms with E-state index in [4.69, 9.17) is 9.84 Å². The van der Waals surface area contributed by atoms with Crippen LogP contribution < -0.4 is 10.6 Å². The molecule has 1 aliphatic rings. The van der Waals surface area contributed by atoms with Crippen LogP contribution in [0.4, 0.5) is 4.79 Å². The summed E-state index contributed by atoms with van der Waals surface area (Å²) in [5, 5.41) is 14.2. The summed E-state index contributed by atoms with van der Waals surface area (Å²) in [5.74, 6) is 0.583. The Balaban J connectivity index is 2.11. The van der Waals surface area contributed by atoms with Gasteiger partial charge in [-0.2, -0.15) is 0 Å². The van der Waals surface area contributed by atoms with Gasteiger partial charge < -0.3 is 20.5 Å². The van der Waals surface area contributed by atoms with Gasteiger partial charge in [0.05, 0.1) is 12.5 Å². The quantitative estimate of drug-likeness (QED) is 0.639. The topological polar surface area (TPSA) is 87.7 Å². The summed E-state index contributed by atoms with van der Waals surface area (Å²) in [5.41, 5.74) is 0. The van der Waals surface area contributed by atoms with Crippen molar-refractivity contribution in [3.8, 4) is 0 Å². The molecule has 3 unspecified atom stereocenters. The number of carboxylic acid groups (broad SMARTS) is 1. The molecule has 0 bridgehead atoms. The van der Waals surface area contributed by atoms with Crippen LogP contribution in [0.3, 0.4) is 0 Å². The molecule has 1 aliphatic carbocycles. The summed E-state index contributed by atoms with van der Waals surface area (Å²) in [7, 11) is 1.44. The number of carbonyl (C=O) groups is 2. The molecular weight excluding hydrogens is 272 g/mol. The van der Waals surface area contributed by atoms with Crippen molar-refractivity contribution < 1.29 is 19.4 Å². The zero-order valence-corrected chi connectivity index (χ0v) is 13.1. The van der Waals surface area contributed by atoms with Gasteiger partial charge in [-0.05, 0) is 24.7 Å². The number of amides is 2. The van der Waals surface area contributed by atoms with Gasteiger partial charge in [-0.1, -0.05) is 26.2 Å². The maximum Gasteiger partial charge on any atom is 0.314 e. The van der Waals surface area contributed by atoms with Gasteiger partial charge in [-0.15, -0.1) is 0 Å². The number of hydrogen-bond donors (Lipinski definition) is 3. The molecular formula is C15H28N2O4. The second kappa shape index (κ2) is 9.60. The Morgan fingerprint density at radius 2 is 2.10 bits per heavy atom. The zero-order valence-electron chi connectivity index (χ0n) is 13.1. The maximum absolute atomic E-state index is 11.6. The highest BCUT2D eigenvalue weighted by molar-refractivity contribution is 5.74. The fraction of sp³-hybridized carbons (Fsp3) is 0.867. The lowest BCUT2D eigenvalue weighted by Crippen LogP contribution is -2.41. The van der Waals surface area contributed by atoms with E-state index < -0.39 is 12.1 Å². The minimum atomic E-state index is -0.935. The van der Waals surface area contributed by atoms with Crippen molar-refractivity contribution in [3.05, 3.63) is 0 Å². The lowest BCUT2D eigenvalue weighted by Gasteiger charge is -2.26. The number of methoxy groups -OCH3 is 1. The molecule has 122 valence electrons. The molecule has 0 radical (unpaired) electrons. The van der Waals surface area contributed by atoms with Crippen LogP contribution >= 0.6 is 0 Å². The first-order valence-corrected chi connectivity index (χ1v) is 7.77. The highest BCUT2D eigenvalue weighted by atomic mass is 16.5. The third kappa shape index (κ3) is 7.90. The van der Waals surface area contributed by atoms with Crippen molar-refractivity contribution in [1.29, 1.82) is 0 Å². The Hall–Kier alpha value is -1.30. The number of nitrogens with one attached hydrogen (secondary N) is 2. The number of rotatable bonds is 8. The Kier molecular flexibility index (Phi) is 8.12. The Morgan fingerprint density at radius 1 is 1.33 bits per heavy atom. The van der Waals surface area contributed by atoms with E-state index in [1.54, 1.807) is 0 Å². The highest BCUT2D eigenvalue weighted by Gasteiger charge is 2.18. The van der Waals surface area contributed by atoms with Crippen molar-refractivity contribution in [2.75, 3.05) is 20.2 Å². The number of ether oxygens (including phenoxy) is 1. The van der Waals surface area contributed by atoms with Crippen molar-refractivity contribution in [2.24, 2.45) is 11.8 Å². The van der Waals surface area contributed by atoms with Gasteiger partial charge in [0.15, 0.2) is 0 Å². The molecule has 2 amide bonds. The average Bonchev–Trinajstić information content (AvgIpc) is 2.43. The third-order valence-corrected chi connectivity index (χ3v) is 4.11. The summed E-state index contributed by atoms with van der Waals surface area (Å²) in [6.45, 7) is 3.16. The predicted molar refractivity (Wildman–Crippen MR) is 80.2 cm³/mol. The fourth-order valence-electron chi connectivity index (χ4n) is 2.91. The van der Waals surface area contributed by atoms with Crippen molar-refractivity contribution in [2.45, 2.75) is 51.6 Å². The number of carboxylic acids is 1. The molecule has 3 atom stereocenters. The van der Waals surface area contributed by atoms with Crippen LogP contribution in [0.2, 0.25) is 0 Å². The molecule has 0 saturated heterocycles. The van der Waals surface area contributed by atoms with Crippen molar-refractivity contribution in [1.82, 2.24) is 10.6 Å². The SMILES string of the molecule is COC(CNC(=O)NCCC1CCCC(C)C1)CC(=O)O. The Morgan fingerprint density at radius 3 is 2.71 bits per heavy atom. The van der Waals surface area contributed by atoms with Gasteiger partial charge in [-0.3, -0.25) is 4.79 Å². The van der Waals surface area contributed by atoms with E-state index in [-0.39, 0.29) is 19.0 Å². The molecule has 3 N–H and O–H groups in total. The minimum Gasteiger partial charge on any atom is -0.481 e. The van der Waals surface area contributed by atoms with Crippen LogP contribution in [-0.2, 0) is 9.53 Å². The molecule has 21 heavy (non-hydrogen) atoms. The number of urea groups is 1.